The first-order chi connectivity index (χ1) is 13.1. The third-order valence-electron chi connectivity index (χ3n) is 4.84. The maximum absolute atomic E-state index is 12.9. The molecule has 6 heteroatoms. The van der Waals surface area contributed by atoms with Gasteiger partial charge in [-0.25, -0.2) is 4.68 Å². The lowest BCUT2D eigenvalue weighted by molar-refractivity contribution is -0.120. The second-order valence-electron chi connectivity index (χ2n) is 6.59. The van der Waals surface area contributed by atoms with Gasteiger partial charge in [-0.3, -0.25) is 9.59 Å². The maximum atomic E-state index is 12.9. The van der Waals surface area contributed by atoms with Crippen molar-refractivity contribution in [3.05, 3.63) is 83.2 Å². The van der Waals surface area contributed by atoms with Crippen LogP contribution < -0.4 is 11.1 Å². The van der Waals surface area contributed by atoms with Gasteiger partial charge in [0.15, 0.2) is 5.69 Å². The third-order valence-corrected chi connectivity index (χ3v) is 4.84. The highest BCUT2D eigenvalue weighted by atomic mass is 16.2. The molecule has 4 rings (SSSR count). The van der Waals surface area contributed by atoms with Crippen LogP contribution in [-0.4, -0.2) is 21.6 Å². The second-order valence-corrected chi connectivity index (χ2v) is 6.59. The average molecular weight is 360 g/mol. The van der Waals surface area contributed by atoms with Gasteiger partial charge in [-0.2, -0.15) is 5.10 Å². The zero-order chi connectivity index (χ0) is 18.8. The van der Waals surface area contributed by atoms with Gasteiger partial charge in [0.2, 0.25) is 5.91 Å². The van der Waals surface area contributed by atoms with E-state index in [-0.39, 0.29) is 5.91 Å². The van der Waals surface area contributed by atoms with E-state index in [1.807, 2.05) is 41.1 Å². The number of nitrogens with one attached hydrogen (secondary N) is 1. The summed E-state index contributed by atoms with van der Waals surface area (Å²) in [5.41, 5.74) is 9.47. The molecule has 2 aromatic carbocycles. The predicted octanol–water partition coefficient (Wildman–Crippen LogP) is 2.32. The van der Waals surface area contributed by atoms with Crippen LogP contribution in [-0.2, 0) is 17.6 Å². The van der Waals surface area contributed by atoms with E-state index in [0.29, 0.717) is 11.3 Å². The predicted molar refractivity (Wildman–Crippen MR) is 101 cm³/mol. The summed E-state index contributed by atoms with van der Waals surface area (Å²) in [6.07, 6.45) is 2.66. The molecule has 0 saturated carbocycles. The standard InChI is InChI=1S/C21H20N4O2/c22-20(26)18(14-8-3-1-4-9-14)23-21(27)19-16-12-7-13-17(16)25(24-19)15-10-5-2-6-11-15/h1-6,8-11,18H,7,12-13H2,(H2,22,26)(H,23,27)/t18-/m0/s1. The number of nitrogens with two attached hydrogens (primary N) is 1. The molecule has 1 aliphatic rings. The molecule has 1 atom stereocenters. The summed E-state index contributed by atoms with van der Waals surface area (Å²) >= 11 is 0. The number of fused-ring (bicyclic) bond motifs is 1. The van der Waals surface area contributed by atoms with Crippen LogP contribution >= 0.6 is 0 Å². The second kappa shape index (κ2) is 7.07. The number of amides is 2. The lowest BCUT2D eigenvalue weighted by Gasteiger charge is -2.15. The molecule has 0 bridgehead atoms. The van der Waals surface area contributed by atoms with Crippen molar-refractivity contribution >= 4 is 11.8 Å². The molecule has 0 radical (unpaired) electrons. The van der Waals surface area contributed by atoms with Crippen molar-refractivity contribution in [3.63, 3.8) is 0 Å². The van der Waals surface area contributed by atoms with Crippen LogP contribution in [0.2, 0.25) is 0 Å². The number of benzene rings is 2. The number of hydrogen-bond donors (Lipinski definition) is 2. The highest BCUT2D eigenvalue weighted by molar-refractivity contribution is 5.97. The van der Waals surface area contributed by atoms with E-state index in [4.69, 9.17) is 5.73 Å². The molecule has 0 fully saturated rings. The molecular weight excluding hydrogens is 340 g/mol. The Morgan fingerprint density at radius 2 is 1.67 bits per heavy atom. The molecule has 0 aliphatic heterocycles. The van der Waals surface area contributed by atoms with Gasteiger partial charge >= 0.3 is 0 Å². The van der Waals surface area contributed by atoms with E-state index in [2.05, 4.69) is 10.4 Å². The average Bonchev–Trinajstić information content (AvgIpc) is 3.29. The molecule has 2 amide bonds. The molecule has 6 nitrogen and oxygen atoms in total. The first kappa shape index (κ1) is 17.0. The van der Waals surface area contributed by atoms with Gasteiger partial charge in [-0.1, -0.05) is 48.5 Å². The summed E-state index contributed by atoms with van der Waals surface area (Å²) in [4.78, 5) is 24.9. The Morgan fingerprint density at radius 1 is 1.00 bits per heavy atom. The van der Waals surface area contributed by atoms with E-state index in [0.717, 1.165) is 36.2 Å². The highest BCUT2D eigenvalue weighted by Gasteiger charge is 2.29. The minimum absolute atomic E-state index is 0.369. The normalized spacial score (nSPS) is 13.8. The van der Waals surface area contributed by atoms with Gasteiger partial charge in [0.05, 0.1) is 5.69 Å². The van der Waals surface area contributed by atoms with Crippen LogP contribution in [0.5, 0.6) is 0 Å². The summed E-state index contributed by atoms with van der Waals surface area (Å²) in [5.74, 6) is -0.982. The number of aromatic nitrogens is 2. The molecule has 0 spiro atoms. The van der Waals surface area contributed by atoms with Crippen molar-refractivity contribution in [1.29, 1.82) is 0 Å². The minimum Gasteiger partial charge on any atom is -0.368 e. The van der Waals surface area contributed by atoms with Crippen LogP contribution in [0.25, 0.3) is 5.69 Å². The summed E-state index contributed by atoms with van der Waals surface area (Å²) in [7, 11) is 0. The molecule has 0 saturated heterocycles. The largest absolute Gasteiger partial charge is 0.368 e. The fourth-order valence-electron chi connectivity index (χ4n) is 3.57. The molecule has 1 aliphatic carbocycles. The van der Waals surface area contributed by atoms with Crippen LogP contribution in [0.1, 0.15) is 39.8 Å². The molecule has 27 heavy (non-hydrogen) atoms. The Labute approximate surface area is 157 Å². The first-order valence-electron chi connectivity index (χ1n) is 8.96. The third kappa shape index (κ3) is 3.21. The van der Waals surface area contributed by atoms with Gasteiger partial charge in [-0.05, 0) is 37.0 Å². The van der Waals surface area contributed by atoms with E-state index in [1.54, 1.807) is 24.3 Å². The van der Waals surface area contributed by atoms with Crippen LogP contribution in [0.4, 0.5) is 0 Å². The van der Waals surface area contributed by atoms with E-state index in [1.165, 1.54) is 0 Å². The quantitative estimate of drug-likeness (QED) is 0.732. The van der Waals surface area contributed by atoms with Gasteiger partial charge < -0.3 is 11.1 Å². The zero-order valence-corrected chi connectivity index (χ0v) is 14.8. The van der Waals surface area contributed by atoms with Crippen LogP contribution in [0.3, 0.4) is 0 Å². The number of para-hydroxylation sites is 1. The minimum atomic E-state index is -0.891. The van der Waals surface area contributed by atoms with Crippen molar-refractivity contribution in [2.75, 3.05) is 0 Å². The van der Waals surface area contributed by atoms with E-state index < -0.39 is 11.9 Å². The molecule has 0 unspecified atom stereocenters. The summed E-state index contributed by atoms with van der Waals surface area (Å²) in [6.45, 7) is 0. The van der Waals surface area contributed by atoms with Crippen LogP contribution in [0, 0.1) is 0 Å². The van der Waals surface area contributed by atoms with Gasteiger partial charge in [0, 0.05) is 11.3 Å². The summed E-state index contributed by atoms with van der Waals surface area (Å²) in [6, 6.07) is 17.8. The van der Waals surface area contributed by atoms with Crippen molar-refractivity contribution in [2.24, 2.45) is 5.73 Å². The summed E-state index contributed by atoms with van der Waals surface area (Å²) in [5, 5.41) is 7.31. The Kier molecular flexibility index (Phi) is 4.46. The maximum Gasteiger partial charge on any atom is 0.272 e. The lowest BCUT2D eigenvalue weighted by atomic mass is 10.1. The SMILES string of the molecule is NC(=O)[C@@H](NC(=O)c1nn(-c2ccccc2)c2c1CCC2)c1ccccc1. The highest BCUT2D eigenvalue weighted by Crippen LogP contribution is 2.28. The Balaban J connectivity index is 1.67. The molecule has 136 valence electrons. The fourth-order valence-corrected chi connectivity index (χ4v) is 3.57. The van der Waals surface area contributed by atoms with Gasteiger partial charge in [0.25, 0.3) is 5.91 Å². The Morgan fingerprint density at radius 3 is 2.33 bits per heavy atom. The number of nitrogens with zero attached hydrogens (tertiary/aromatic N) is 2. The topological polar surface area (TPSA) is 90.0 Å². The smallest absolute Gasteiger partial charge is 0.272 e. The lowest BCUT2D eigenvalue weighted by Crippen LogP contribution is -2.38. The number of carbonyl (C=O) groups excluding carboxylic acids is 2. The van der Waals surface area contributed by atoms with E-state index >= 15 is 0 Å². The number of carbonyl (C=O) groups is 2. The summed E-state index contributed by atoms with van der Waals surface area (Å²) < 4.78 is 1.83. The first-order valence-corrected chi connectivity index (χ1v) is 8.96. The molecule has 1 aromatic heterocycles. The van der Waals surface area contributed by atoms with Gasteiger partial charge in [0.1, 0.15) is 6.04 Å². The molecule has 3 N–H and O–H groups in total. The van der Waals surface area contributed by atoms with Gasteiger partial charge in [-0.15, -0.1) is 0 Å². The van der Waals surface area contributed by atoms with E-state index in [9.17, 15) is 9.59 Å². The van der Waals surface area contributed by atoms with Crippen molar-refractivity contribution < 1.29 is 9.59 Å². The Hall–Kier alpha value is -3.41. The monoisotopic (exact) mass is 360 g/mol. The number of primary amides is 1. The van der Waals surface area contributed by atoms with Crippen molar-refractivity contribution in [3.8, 4) is 5.69 Å². The fraction of sp³-hybridized carbons (Fsp3) is 0.190. The molecule has 3 aromatic rings. The zero-order valence-electron chi connectivity index (χ0n) is 14.8. The molecular formula is C21H20N4O2. The number of hydrogen-bond acceptors (Lipinski definition) is 3. The van der Waals surface area contributed by atoms with Crippen LogP contribution in [0.15, 0.2) is 60.7 Å². The Bertz CT molecular complexity index is 980. The van der Waals surface area contributed by atoms with Crippen molar-refractivity contribution in [2.45, 2.75) is 25.3 Å². The van der Waals surface area contributed by atoms with Crippen molar-refractivity contribution in [1.82, 2.24) is 15.1 Å². The molecule has 1 heterocycles. The number of rotatable bonds is 5.